The average molecular weight is 515 g/mol. The van der Waals surface area contributed by atoms with E-state index in [0.717, 1.165) is 10.1 Å². The van der Waals surface area contributed by atoms with Gasteiger partial charge in [-0.1, -0.05) is 35.2 Å². The van der Waals surface area contributed by atoms with Gasteiger partial charge in [-0.2, -0.15) is 4.39 Å². The second kappa shape index (κ2) is 8.63. The van der Waals surface area contributed by atoms with Crippen molar-refractivity contribution in [3.05, 3.63) is 84.9 Å². The lowest BCUT2D eigenvalue weighted by atomic mass is 9.73. The molecule has 9 heteroatoms. The predicted octanol–water partition coefficient (Wildman–Crippen LogP) is 4.95. The van der Waals surface area contributed by atoms with Crippen LogP contribution in [0, 0.1) is 36.3 Å². The van der Waals surface area contributed by atoms with E-state index in [1.165, 1.54) is 6.07 Å². The Balaban J connectivity index is 1.43. The molecule has 1 aromatic heterocycles. The number of halogens is 4. The van der Waals surface area contributed by atoms with E-state index in [4.69, 9.17) is 35.4 Å². The van der Waals surface area contributed by atoms with E-state index >= 15 is 4.39 Å². The molecule has 3 aromatic rings. The Morgan fingerprint density at radius 1 is 1.23 bits per heavy atom. The van der Waals surface area contributed by atoms with Gasteiger partial charge in [0.1, 0.15) is 11.6 Å². The summed E-state index contributed by atoms with van der Waals surface area (Å²) in [6.07, 6.45) is 7.15. The van der Waals surface area contributed by atoms with E-state index in [1.807, 2.05) is 0 Å². The van der Waals surface area contributed by atoms with E-state index in [1.54, 1.807) is 36.1 Å². The van der Waals surface area contributed by atoms with E-state index in [-0.39, 0.29) is 44.6 Å². The summed E-state index contributed by atoms with van der Waals surface area (Å²) in [5.41, 5.74) is 7.46. The Labute approximate surface area is 211 Å². The van der Waals surface area contributed by atoms with E-state index < -0.39 is 11.4 Å². The molecule has 1 saturated heterocycles. The lowest BCUT2D eigenvalue weighted by Gasteiger charge is -2.42. The monoisotopic (exact) mass is 514 g/mol. The van der Waals surface area contributed by atoms with Crippen LogP contribution in [0.3, 0.4) is 0 Å². The zero-order chi connectivity index (χ0) is 25.1. The fraction of sp³-hybridized carbons (Fsp3) is 0.308. The van der Waals surface area contributed by atoms with Crippen LogP contribution in [0.5, 0.6) is 0 Å². The van der Waals surface area contributed by atoms with Gasteiger partial charge >= 0.3 is 0 Å². The van der Waals surface area contributed by atoms with Crippen molar-refractivity contribution in [3.63, 3.8) is 0 Å². The fourth-order valence-electron chi connectivity index (χ4n) is 5.40. The van der Waals surface area contributed by atoms with Crippen molar-refractivity contribution in [2.24, 2.45) is 11.1 Å². The molecule has 1 spiro atoms. The maximum atomic E-state index is 15.3. The van der Waals surface area contributed by atoms with E-state index in [9.17, 15) is 9.18 Å². The highest BCUT2D eigenvalue weighted by Gasteiger charge is 2.47. The van der Waals surface area contributed by atoms with Gasteiger partial charge in [-0.25, -0.2) is 9.37 Å². The fourth-order valence-corrected chi connectivity index (χ4v) is 5.78. The number of anilines is 1. The SMILES string of the molecule is C#Cc1cc(F)c2c(c1)[C@@H](N)C1(CCN(c3nc(C)n(-c4cccc(Cl)c4Cl)c(=O)c3F)CC1)C2. The van der Waals surface area contributed by atoms with E-state index in [2.05, 4.69) is 10.9 Å². The van der Waals surface area contributed by atoms with Crippen molar-refractivity contribution < 1.29 is 8.78 Å². The number of hydrogen-bond acceptors (Lipinski definition) is 4. The number of benzene rings is 2. The molecular weight excluding hydrogens is 493 g/mol. The molecule has 0 saturated carbocycles. The van der Waals surface area contributed by atoms with Crippen molar-refractivity contribution >= 4 is 29.0 Å². The smallest absolute Gasteiger partial charge is 0.296 e. The van der Waals surface area contributed by atoms with Crippen molar-refractivity contribution in [2.45, 2.75) is 32.2 Å². The highest BCUT2D eigenvalue weighted by molar-refractivity contribution is 6.43. The molecular formula is C26H22Cl2F2N4O. The van der Waals surface area contributed by atoms with Crippen molar-refractivity contribution in [1.82, 2.24) is 9.55 Å². The number of nitrogens with two attached hydrogens (primary N) is 1. The maximum absolute atomic E-state index is 15.3. The van der Waals surface area contributed by atoms with Crippen molar-refractivity contribution in [3.8, 4) is 18.0 Å². The van der Waals surface area contributed by atoms with Gasteiger partial charge < -0.3 is 10.6 Å². The van der Waals surface area contributed by atoms with Crippen LogP contribution in [-0.4, -0.2) is 22.6 Å². The zero-order valence-electron chi connectivity index (χ0n) is 18.9. The Bertz CT molecular complexity index is 1460. The number of aryl methyl sites for hydroxylation is 1. The minimum absolute atomic E-state index is 0.0124. The van der Waals surface area contributed by atoms with Crippen molar-refractivity contribution in [1.29, 1.82) is 0 Å². The molecule has 0 unspecified atom stereocenters. The van der Waals surface area contributed by atoms with Crippen LogP contribution in [0.4, 0.5) is 14.6 Å². The molecule has 2 N–H and O–H groups in total. The molecule has 35 heavy (non-hydrogen) atoms. The first-order chi connectivity index (χ1) is 16.7. The largest absolute Gasteiger partial charge is 0.354 e. The molecule has 180 valence electrons. The Kier molecular flexibility index (Phi) is 5.87. The molecule has 1 aliphatic heterocycles. The van der Waals surface area contributed by atoms with Crippen molar-refractivity contribution in [2.75, 3.05) is 18.0 Å². The lowest BCUT2D eigenvalue weighted by Crippen LogP contribution is -2.45. The van der Waals surface area contributed by atoms with Crippen LogP contribution in [0.1, 0.15) is 41.4 Å². The van der Waals surface area contributed by atoms with Gasteiger partial charge in [0, 0.05) is 24.7 Å². The van der Waals surface area contributed by atoms with Crippen LogP contribution < -0.4 is 16.2 Å². The molecule has 0 radical (unpaired) electrons. The Morgan fingerprint density at radius 2 is 1.94 bits per heavy atom. The first-order valence-corrected chi connectivity index (χ1v) is 12.0. The van der Waals surface area contributed by atoms with Gasteiger partial charge in [-0.05, 0) is 67.0 Å². The summed E-state index contributed by atoms with van der Waals surface area (Å²) in [6, 6.07) is 7.57. The summed E-state index contributed by atoms with van der Waals surface area (Å²) in [5.74, 6) is 1.44. The van der Waals surface area contributed by atoms with Gasteiger partial charge in [0.05, 0.1) is 15.7 Å². The third-order valence-corrected chi connectivity index (χ3v) is 8.14. The average Bonchev–Trinajstić information content (AvgIpc) is 3.11. The molecule has 2 aliphatic rings. The maximum Gasteiger partial charge on any atom is 0.296 e. The number of rotatable bonds is 2. The summed E-state index contributed by atoms with van der Waals surface area (Å²) in [4.78, 5) is 19.2. The summed E-state index contributed by atoms with van der Waals surface area (Å²) in [5, 5.41) is 0.393. The second-order valence-corrected chi connectivity index (χ2v) is 9.97. The minimum Gasteiger partial charge on any atom is -0.354 e. The Hall–Kier alpha value is -2.92. The number of terminal acetylenes is 1. The third kappa shape index (κ3) is 3.72. The lowest BCUT2D eigenvalue weighted by molar-refractivity contribution is 0.186. The molecule has 5 rings (SSSR count). The normalized spacial score (nSPS) is 18.5. The quantitative estimate of drug-likeness (QED) is 0.491. The Morgan fingerprint density at radius 3 is 2.63 bits per heavy atom. The number of nitrogens with zero attached hydrogens (tertiary/aromatic N) is 3. The second-order valence-electron chi connectivity index (χ2n) is 9.18. The van der Waals surface area contributed by atoms with Crippen LogP contribution >= 0.6 is 23.2 Å². The molecule has 2 aromatic carbocycles. The summed E-state index contributed by atoms with van der Waals surface area (Å²) < 4.78 is 31.1. The zero-order valence-corrected chi connectivity index (χ0v) is 20.4. The first kappa shape index (κ1) is 23.8. The van der Waals surface area contributed by atoms with Crippen LogP contribution in [-0.2, 0) is 6.42 Å². The number of piperidine rings is 1. The topological polar surface area (TPSA) is 64.2 Å². The molecule has 2 heterocycles. The van der Waals surface area contributed by atoms with Crippen LogP contribution in [0.15, 0.2) is 35.1 Å². The highest BCUT2D eigenvalue weighted by Crippen LogP contribution is 2.51. The van der Waals surface area contributed by atoms with Gasteiger partial charge in [0.25, 0.3) is 5.56 Å². The molecule has 0 bridgehead atoms. The van der Waals surface area contributed by atoms with Gasteiger partial charge in [-0.15, -0.1) is 6.42 Å². The minimum atomic E-state index is -0.966. The number of aromatic nitrogens is 2. The molecule has 0 amide bonds. The standard InChI is InChI=1S/C26H22Cl2F2N4O/c1-3-15-11-16-17(19(29)12-15)13-26(23(16)31)7-9-33(10-8-26)24-22(30)25(35)34(14(2)32-24)20-6-4-5-18(27)21(20)28/h1,4-6,11-12,23H,7-10,13,31H2,2H3/t23-/m1/s1. The molecule has 1 atom stereocenters. The summed E-state index contributed by atoms with van der Waals surface area (Å²) in [7, 11) is 0. The molecule has 1 fully saturated rings. The summed E-state index contributed by atoms with van der Waals surface area (Å²) >= 11 is 12.3. The summed E-state index contributed by atoms with van der Waals surface area (Å²) in [6.45, 7) is 2.47. The number of hydrogen-bond donors (Lipinski definition) is 1. The molecule has 1 aliphatic carbocycles. The van der Waals surface area contributed by atoms with Gasteiger partial charge in [-0.3, -0.25) is 9.36 Å². The van der Waals surface area contributed by atoms with Crippen LogP contribution in [0.25, 0.3) is 5.69 Å². The molecule has 5 nitrogen and oxygen atoms in total. The van der Waals surface area contributed by atoms with E-state index in [0.29, 0.717) is 43.5 Å². The van der Waals surface area contributed by atoms with Gasteiger partial charge in [0.15, 0.2) is 5.82 Å². The third-order valence-electron chi connectivity index (χ3n) is 7.33. The number of fused-ring (bicyclic) bond motifs is 1. The first-order valence-electron chi connectivity index (χ1n) is 11.2. The predicted molar refractivity (Wildman–Crippen MR) is 133 cm³/mol. The highest BCUT2D eigenvalue weighted by atomic mass is 35.5. The van der Waals surface area contributed by atoms with Crippen LogP contribution in [0.2, 0.25) is 10.0 Å². The van der Waals surface area contributed by atoms with Gasteiger partial charge in [0.2, 0.25) is 5.82 Å².